The average molecular weight is 484 g/mol. The van der Waals surface area contributed by atoms with Gasteiger partial charge in [0.1, 0.15) is 0 Å². The molecule has 3 rings (SSSR count). The molecule has 0 spiro atoms. The SMILES string of the molecule is CCN=C(NC1CCN(CC(C)C)CC1)NC1CC1c1ccccc1C.I. The molecular weight excluding hydrogens is 447 g/mol. The highest BCUT2D eigenvalue weighted by atomic mass is 127. The number of likely N-dealkylation sites (tertiary alicyclic amines) is 1. The van der Waals surface area contributed by atoms with Crippen molar-refractivity contribution in [2.24, 2.45) is 10.9 Å². The number of nitrogens with one attached hydrogen (secondary N) is 2. The van der Waals surface area contributed by atoms with E-state index in [0.29, 0.717) is 18.0 Å². The lowest BCUT2D eigenvalue weighted by atomic mass is 10.0. The minimum absolute atomic E-state index is 0. The fourth-order valence-corrected chi connectivity index (χ4v) is 4.14. The standard InChI is InChI=1S/C22H36N4.HI/c1-5-23-22(24-18-10-12-26(13-11-18)15-16(2)3)25-21-14-20(21)19-9-7-6-8-17(19)4;/h6-9,16,18,20-21H,5,10-15H2,1-4H3,(H2,23,24,25);1H. The first-order chi connectivity index (χ1) is 12.6. The fraction of sp³-hybridized carbons (Fsp3) is 0.682. The summed E-state index contributed by atoms with van der Waals surface area (Å²) in [5, 5.41) is 7.38. The van der Waals surface area contributed by atoms with Crippen molar-refractivity contribution in [3.05, 3.63) is 35.4 Å². The van der Waals surface area contributed by atoms with Crippen LogP contribution < -0.4 is 10.6 Å². The first kappa shape index (κ1) is 22.5. The zero-order chi connectivity index (χ0) is 18.5. The van der Waals surface area contributed by atoms with E-state index in [1.54, 1.807) is 0 Å². The Kier molecular flexibility index (Phi) is 8.86. The first-order valence-electron chi connectivity index (χ1n) is 10.4. The van der Waals surface area contributed by atoms with Crippen LogP contribution in [0, 0.1) is 12.8 Å². The lowest BCUT2D eigenvalue weighted by Gasteiger charge is -2.34. The summed E-state index contributed by atoms with van der Waals surface area (Å²) < 4.78 is 0. The first-order valence-corrected chi connectivity index (χ1v) is 10.4. The van der Waals surface area contributed by atoms with E-state index >= 15 is 0 Å². The zero-order valence-corrected chi connectivity index (χ0v) is 19.7. The average Bonchev–Trinajstić information content (AvgIpc) is 3.35. The molecule has 0 radical (unpaired) electrons. The normalized spacial score (nSPS) is 23.8. The van der Waals surface area contributed by atoms with Crippen LogP contribution in [0.4, 0.5) is 0 Å². The van der Waals surface area contributed by atoms with Crippen LogP contribution in [-0.2, 0) is 0 Å². The van der Waals surface area contributed by atoms with Gasteiger partial charge in [0.05, 0.1) is 0 Å². The van der Waals surface area contributed by atoms with E-state index in [1.165, 1.54) is 50.0 Å². The topological polar surface area (TPSA) is 39.7 Å². The molecule has 27 heavy (non-hydrogen) atoms. The quantitative estimate of drug-likeness (QED) is 0.362. The zero-order valence-electron chi connectivity index (χ0n) is 17.4. The third-order valence-electron chi connectivity index (χ3n) is 5.57. The molecule has 152 valence electrons. The molecule has 0 aromatic heterocycles. The molecule has 2 N–H and O–H groups in total. The number of hydrogen-bond donors (Lipinski definition) is 2. The second-order valence-electron chi connectivity index (χ2n) is 8.39. The molecule has 1 saturated heterocycles. The number of halogens is 1. The van der Waals surface area contributed by atoms with Gasteiger partial charge in [-0.2, -0.15) is 0 Å². The van der Waals surface area contributed by atoms with Crippen molar-refractivity contribution in [3.63, 3.8) is 0 Å². The summed E-state index contributed by atoms with van der Waals surface area (Å²) in [5.74, 6) is 2.40. The van der Waals surface area contributed by atoms with E-state index in [9.17, 15) is 0 Å². The third-order valence-corrected chi connectivity index (χ3v) is 5.57. The van der Waals surface area contributed by atoms with Crippen LogP contribution in [0.1, 0.15) is 57.1 Å². The summed E-state index contributed by atoms with van der Waals surface area (Å²) in [6, 6.07) is 9.84. The maximum absolute atomic E-state index is 4.70. The van der Waals surface area contributed by atoms with Crippen molar-refractivity contribution in [2.45, 2.75) is 65.0 Å². The van der Waals surface area contributed by atoms with Gasteiger partial charge < -0.3 is 15.5 Å². The number of guanidine groups is 1. The maximum atomic E-state index is 4.70. The van der Waals surface area contributed by atoms with Gasteiger partial charge in [-0.3, -0.25) is 4.99 Å². The maximum Gasteiger partial charge on any atom is 0.191 e. The summed E-state index contributed by atoms with van der Waals surface area (Å²) in [4.78, 5) is 7.30. The molecule has 1 aliphatic carbocycles. The van der Waals surface area contributed by atoms with E-state index in [4.69, 9.17) is 4.99 Å². The van der Waals surface area contributed by atoms with Crippen molar-refractivity contribution in [1.29, 1.82) is 0 Å². The Balaban J connectivity index is 0.00000261. The summed E-state index contributed by atoms with van der Waals surface area (Å²) >= 11 is 0. The third kappa shape index (κ3) is 6.63. The van der Waals surface area contributed by atoms with Crippen LogP contribution >= 0.6 is 24.0 Å². The van der Waals surface area contributed by atoms with Gasteiger partial charge in [0.2, 0.25) is 0 Å². The smallest absolute Gasteiger partial charge is 0.191 e. The Morgan fingerprint density at radius 2 is 1.89 bits per heavy atom. The number of piperidine rings is 1. The number of hydrogen-bond acceptors (Lipinski definition) is 2. The number of benzene rings is 1. The van der Waals surface area contributed by atoms with Crippen LogP contribution in [0.3, 0.4) is 0 Å². The van der Waals surface area contributed by atoms with Gasteiger partial charge >= 0.3 is 0 Å². The lowest BCUT2D eigenvalue weighted by molar-refractivity contribution is 0.187. The lowest BCUT2D eigenvalue weighted by Crippen LogP contribution is -2.49. The summed E-state index contributed by atoms with van der Waals surface area (Å²) in [6.45, 7) is 13.4. The molecule has 2 aliphatic rings. The molecule has 5 heteroatoms. The monoisotopic (exact) mass is 484 g/mol. The highest BCUT2D eigenvalue weighted by molar-refractivity contribution is 14.0. The minimum Gasteiger partial charge on any atom is -0.354 e. The van der Waals surface area contributed by atoms with Crippen molar-refractivity contribution < 1.29 is 0 Å². The van der Waals surface area contributed by atoms with E-state index in [-0.39, 0.29) is 24.0 Å². The number of nitrogens with zero attached hydrogens (tertiary/aromatic N) is 2. The van der Waals surface area contributed by atoms with E-state index < -0.39 is 0 Å². The van der Waals surface area contributed by atoms with E-state index in [2.05, 4.69) is 67.5 Å². The van der Waals surface area contributed by atoms with Crippen LogP contribution in [0.15, 0.2) is 29.3 Å². The Labute approximate surface area is 182 Å². The molecule has 1 aromatic carbocycles. The molecule has 0 bridgehead atoms. The van der Waals surface area contributed by atoms with Crippen molar-refractivity contribution >= 4 is 29.9 Å². The molecule has 2 unspecified atom stereocenters. The van der Waals surface area contributed by atoms with Gasteiger partial charge in [0.25, 0.3) is 0 Å². The molecule has 1 saturated carbocycles. The molecule has 1 heterocycles. The second kappa shape index (κ2) is 10.6. The minimum atomic E-state index is 0. The Morgan fingerprint density at radius 1 is 1.19 bits per heavy atom. The number of aryl methyl sites for hydroxylation is 1. The highest BCUT2D eigenvalue weighted by Crippen LogP contribution is 2.42. The molecule has 0 amide bonds. The van der Waals surface area contributed by atoms with Gasteiger partial charge in [0, 0.05) is 44.2 Å². The predicted molar refractivity (Wildman–Crippen MR) is 126 cm³/mol. The molecule has 1 aliphatic heterocycles. The predicted octanol–water partition coefficient (Wildman–Crippen LogP) is 4.14. The summed E-state index contributed by atoms with van der Waals surface area (Å²) in [7, 11) is 0. The van der Waals surface area contributed by atoms with E-state index in [0.717, 1.165) is 18.4 Å². The molecule has 4 nitrogen and oxygen atoms in total. The van der Waals surface area contributed by atoms with Crippen molar-refractivity contribution in [1.82, 2.24) is 15.5 Å². The van der Waals surface area contributed by atoms with Crippen LogP contribution in [-0.4, -0.2) is 49.1 Å². The second-order valence-corrected chi connectivity index (χ2v) is 8.39. The van der Waals surface area contributed by atoms with E-state index in [1.807, 2.05) is 0 Å². The highest BCUT2D eigenvalue weighted by Gasteiger charge is 2.40. The van der Waals surface area contributed by atoms with Crippen LogP contribution in [0.2, 0.25) is 0 Å². The Hall–Kier alpha value is -0.820. The molecule has 1 aromatic rings. The van der Waals surface area contributed by atoms with Gasteiger partial charge in [-0.05, 0) is 50.2 Å². The summed E-state index contributed by atoms with van der Waals surface area (Å²) in [6.07, 6.45) is 3.63. The molecular formula is C22H37IN4. The Morgan fingerprint density at radius 3 is 2.52 bits per heavy atom. The van der Waals surface area contributed by atoms with Gasteiger partial charge in [0.15, 0.2) is 5.96 Å². The van der Waals surface area contributed by atoms with Crippen molar-refractivity contribution in [3.8, 4) is 0 Å². The van der Waals surface area contributed by atoms with Gasteiger partial charge in [-0.25, -0.2) is 0 Å². The van der Waals surface area contributed by atoms with Gasteiger partial charge in [-0.1, -0.05) is 38.1 Å². The van der Waals surface area contributed by atoms with Gasteiger partial charge in [-0.15, -0.1) is 24.0 Å². The van der Waals surface area contributed by atoms with Crippen molar-refractivity contribution in [2.75, 3.05) is 26.2 Å². The number of rotatable bonds is 6. The van der Waals surface area contributed by atoms with Crippen LogP contribution in [0.5, 0.6) is 0 Å². The molecule has 2 fully saturated rings. The number of aliphatic imine (C=N–C) groups is 1. The Bertz CT molecular complexity index is 608. The summed E-state index contributed by atoms with van der Waals surface area (Å²) in [5.41, 5.74) is 2.89. The fourth-order valence-electron chi connectivity index (χ4n) is 4.14. The largest absolute Gasteiger partial charge is 0.354 e. The molecule has 2 atom stereocenters. The van der Waals surface area contributed by atoms with Crippen LogP contribution in [0.25, 0.3) is 0 Å².